The SMILES string of the molecule is CCC(=O)CCC1=NC(c2ccccc2)=C(c2ccccc2)[N]1. The molecule has 1 heterocycles. The summed E-state index contributed by atoms with van der Waals surface area (Å²) < 4.78 is 0. The lowest BCUT2D eigenvalue weighted by Gasteiger charge is -2.05. The van der Waals surface area contributed by atoms with E-state index in [4.69, 9.17) is 10.3 Å². The largest absolute Gasteiger partial charge is 0.300 e. The van der Waals surface area contributed by atoms with Crippen LogP contribution in [0.25, 0.3) is 11.4 Å². The minimum atomic E-state index is 0.248. The smallest absolute Gasteiger partial charge is 0.133 e. The van der Waals surface area contributed by atoms with Gasteiger partial charge in [-0.3, -0.25) is 4.79 Å². The van der Waals surface area contributed by atoms with Crippen LogP contribution in [0.2, 0.25) is 0 Å². The Morgan fingerprint density at radius 3 is 2.00 bits per heavy atom. The van der Waals surface area contributed by atoms with Crippen molar-refractivity contribution in [1.82, 2.24) is 5.32 Å². The fourth-order valence-corrected chi connectivity index (χ4v) is 2.52. The number of nitrogens with zero attached hydrogens (tertiary/aromatic N) is 2. The summed E-state index contributed by atoms with van der Waals surface area (Å²) >= 11 is 0. The first-order valence-corrected chi connectivity index (χ1v) is 7.94. The van der Waals surface area contributed by atoms with Gasteiger partial charge in [0.25, 0.3) is 0 Å². The minimum absolute atomic E-state index is 0.248. The van der Waals surface area contributed by atoms with E-state index >= 15 is 0 Å². The number of rotatable bonds is 6. The highest BCUT2D eigenvalue weighted by atomic mass is 16.1. The van der Waals surface area contributed by atoms with Gasteiger partial charge in [0.05, 0.1) is 11.4 Å². The molecule has 0 amide bonds. The molecule has 0 bridgehead atoms. The third-order valence-corrected chi connectivity index (χ3v) is 3.82. The molecule has 0 unspecified atom stereocenters. The molecule has 1 radical (unpaired) electrons. The molecule has 3 heteroatoms. The predicted octanol–water partition coefficient (Wildman–Crippen LogP) is 4.29. The molecule has 0 atom stereocenters. The van der Waals surface area contributed by atoms with E-state index in [1.165, 1.54) is 0 Å². The quantitative estimate of drug-likeness (QED) is 0.785. The molecule has 0 aliphatic carbocycles. The van der Waals surface area contributed by atoms with E-state index in [1.54, 1.807) is 0 Å². The minimum Gasteiger partial charge on any atom is -0.300 e. The van der Waals surface area contributed by atoms with Gasteiger partial charge in [-0.2, -0.15) is 0 Å². The third kappa shape index (κ3) is 3.57. The second kappa shape index (κ2) is 7.05. The maximum atomic E-state index is 11.6. The van der Waals surface area contributed by atoms with Crippen LogP contribution in [0.5, 0.6) is 0 Å². The van der Waals surface area contributed by atoms with Crippen molar-refractivity contribution in [1.29, 1.82) is 0 Å². The lowest BCUT2D eigenvalue weighted by atomic mass is 10.1. The Balaban J connectivity index is 1.91. The summed E-state index contributed by atoms with van der Waals surface area (Å²) in [6.45, 7) is 1.89. The number of benzene rings is 2. The molecule has 1 aliphatic heterocycles. The van der Waals surface area contributed by atoms with Crippen LogP contribution in [-0.2, 0) is 4.79 Å². The topological polar surface area (TPSA) is 43.5 Å². The number of carbonyl (C=O) groups is 1. The van der Waals surface area contributed by atoms with E-state index < -0.39 is 0 Å². The van der Waals surface area contributed by atoms with E-state index in [0.717, 1.165) is 28.4 Å². The highest BCUT2D eigenvalue weighted by molar-refractivity contribution is 6.07. The van der Waals surface area contributed by atoms with Gasteiger partial charge in [0.15, 0.2) is 0 Å². The van der Waals surface area contributed by atoms with E-state index in [0.29, 0.717) is 19.3 Å². The molecule has 0 saturated carbocycles. The molecule has 23 heavy (non-hydrogen) atoms. The number of hydrogen-bond donors (Lipinski definition) is 0. The fraction of sp³-hybridized carbons (Fsp3) is 0.200. The van der Waals surface area contributed by atoms with Gasteiger partial charge in [-0.1, -0.05) is 67.6 Å². The molecule has 0 spiro atoms. The average molecular weight is 303 g/mol. The Morgan fingerprint density at radius 2 is 1.43 bits per heavy atom. The number of carbonyl (C=O) groups excluding carboxylic acids is 1. The van der Waals surface area contributed by atoms with Crippen LogP contribution in [0.15, 0.2) is 65.7 Å². The van der Waals surface area contributed by atoms with Crippen molar-refractivity contribution in [2.24, 2.45) is 4.99 Å². The Hall–Kier alpha value is -2.68. The maximum absolute atomic E-state index is 11.6. The molecule has 2 aromatic rings. The molecular weight excluding hydrogens is 284 g/mol. The molecule has 115 valence electrons. The van der Waals surface area contributed by atoms with Crippen LogP contribution in [0.1, 0.15) is 37.3 Å². The van der Waals surface area contributed by atoms with E-state index in [2.05, 4.69) is 0 Å². The first-order chi connectivity index (χ1) is 11.3. The van der Waals surface area contributed by atoms with Crippen molar-refractivity contribution in [3.8, 4) is 0 Å². The monoisotopic (exact) mass is 303 g/mol. The first kappa shape index (κ1) is 15.2. The number of ketones is 1. The van der Waals surface area contributed by atoms with Crippen molar-refractivity contribution in [2.75, 3.05) is 0 Å². The number of hydrogen-bond acceptors (Lipinski definition) is 2. The van der Waals surface area contributed by atoms with Gasteiger partial charge in [-0.05, 0) is 0 Å². The Bertz CT molecular complexity index is 746. The predicted molar refractivity (Wildman–Crippen MR) is 93.8 cm³/mol. The summed E-state index contributed by atoms with van der Waals surface area (Å²) in [6, 6.07) is 20.1. The van der Waals surface area contributed by atoms with Crippen LogP contribution in [0.3, 0.4) is 0 Å². The average Bonchev–Trinajstić information content (AvgIpc) is 3.05. The second-order valence-electron chi connectivity index (χ2n) is 5.46. The summed E-state index contributed by atoms with van der Waals surface area (Å²) in [5, 5.41) is 4.70. The van der Waals surface area contributed by atoms with Gasteiger partial charge in [0.2, 0.25) is 0 Å². The van der Waals surface area contributed by atoms with Crippen LogP contribution >= 0.6 is 0 Å². The van der Waals surface area contributed by atoms with Gasteiger partial charge in [0, 0.05) is 30.4 Å². The van der Waals surface area contributed by atoms with Crippen molar-refractivity contribution < 1.29 is 4.79 Å². The zero-order valence-electron chi connectivity index (χ0n) is 13.2. The van der Waals surface area contributed by atoms with Crippen molar-refractivity contribution in [3.63, 3.8) is 0 Å². The van der Waals surface area contributed by atoms with Crippen LogP contribution in [0.4, 0.5) is 0 Å². The van der Waals surface area contributed by atoms with Gasteiger partial charge < -0.3 is 0 Å². The molecular formula is C20H19N2O. The normalized spacial score (nSPS) is 13.7. The number of aliphatic imine (C=N–C) groups is 1. The summed E-state index contributed by atoms with van der Waals surface area (Å²) in [5.74, 6) is 0.988. The highest BCUT2D eigenvalue weighted by Gasteiger charge is 2.22. The van der Waals surface area contributed by atoms with Gasteiger partial charge >= 0.3 is 0 Å². The summed E-state index contributed by atoms with van der Waals surface area (Å²) in [5.41, 5.74) is 3.87. The molecule has 0 N–H and O–H groups in total. The van der Waals surface area contributed by atoms with E-state index in [-0.39, 0.29) is 5.78 Å². The maximum Gasteiger partial charge on any atom is 0.133 e. The molecule has 3 nitrogen and oxygen atoms in total. The van der Waals surface area contributed by atoms with Gasteiger partial charge in [-0.25, -0.2) is 10.3 Å². The van der Waals surface area contributed by atoms with Gasteiger partial charge in [0.1, 0.15) is 11.6 Å². The van der Waals surface area contributed by atoms with Gasteiger partial charge in [-0.15, -0.1) is 0 Å². The first-order valence-electron chi connectivity index (χ1n) is 7.94. The zero-order chi connectivity index (χ0) is 16.1. The molecule has 3 rings (SSSR count). The molecule has 0 fully saturated rings. The third-order valence-electron chi connectivity index (χ3n) is 3.82. The molecule has 1 aliphatic rings. The molecule has 0 saturated heterocycles. The van der Waals surface area contributed by atoms with Crippen molar-refractivity contribution >= 4 is 23.0 Å². The lowest BCUT2D eigenvalue weighted by Crippen LogP contribution is -2.12. The van der Waals surface area contributed by atoms with E-state index in [1.807, 2.05) is 67.6 Å². The standard InChI is InChI=1S/C20H19N2O/c1-2-17(23)13-14-18-21-19(15-9-5-3-6-10-15)20(22-18)16-11-7-4-8-12-16/h3-12H,2,13-14H2,1H3. The summed E-state index contributed by atoms with van der Waals surface area (Å²) in [7, 11) is 0. The fourth-order valence-electron chi connectivity index (χ4n) is 2.52. The Kier molecular flexibility index (Phi) is 4.67. The van der Waals surface area contributed by atoms with E-state index in [9.17, 15) is 4.79 Å². The zero-order valence-corrected chi connectivity index (χ0v) is 13.2. The summed E-state index contributed by atoms with van der Waals surface area (Å²) in [4.78, 5) is 16.3. The van der Waals surface area contributed by atoms with Crippen molar-refractivity contribution in [3.05, 3.63) is 71.8 Å². The molecule has 2 aromatic carbocycles. The Labute approximate surface area is 136 Å². The van der Waals surface area contributed by atoms with Crippen LogP contribution in [-0.4, -0.2) is 11.6 Å². The number of amidine groups is 1. The van der Waals surface area contributed by atoms with Crippen LogP contribution in [0, 0.1) is 0 Å². The van der Waals surface area contributed by atoms with Crippen LogP contribution < -0.4 is 5.32 Å². The lowest BCUT2D eigenvalue weighted by molar-refractivity contribution is -0.118. The second-order valence-corrected chi connectivity index (χ2v) is 5.46. The Morgan fingerprint density at radius 1 is 0.870 bits per heavy atom. The molecule has 0 aromatic heterocycles. The summed E-state index contributed by atoms with van der Waals surface area (Å²) in [6.07, 6.45) is 1.67. The number of Topliss-reactive ketones (excluding diaryl/α,β-unsaturated/α-hetero) is 1. The van der Waals surface area contributed by atoms with Crippen molar-refractivity contribution in [2.45, 2.75) is 26.2 Å². The highest BCUT2D eigenvalue weighted by Crippen LogP contribution is 2.31.